The average Bonchev–Trinajstić information content (AvgIpc) is 2.75. The number of aromatic nitrogens is 1. The Morgan fingerprint density at radius 2 is 1.86 bits per heavy atom. The number of hydrogen-bond acceptors (Lipinski definition) is 5. The fraction of sp³-hybridized carbons (Fsp3) is 0.174. The minimum absolute atomic E-state index is 0.0980. The molecule has 1 aromatic heterocycles. The lowest BCUT2D eigenvalue weighted by Crippen LogP contribution is -2.05. The summed E-state index contributed by atoms with van der Waals surface area (Å²) in [6, 6.07) is 13.4. The van der Waals surface area contributed by atoms with E-state index in [2.05, 4.69) is 9.72 Å². The van der Waals surface area contributed by atoms with Crippen LogP contribution in [0.3, 0.4) is 0 Å². The molecule has 3 rings (SSSR count). The van der Waals surface area contributed by atoms with Gasteiger partial charge in [0.2, 0.25) is 0 Å². The second-order valence-electron chi connectivity index (χ2n) is 6.47. The van der Waals surface area contributed by atoms with Gasteiger partial charge in [-0.3, -0.25) is 4.79 Å². The lowest BCUT2D eigenvalue weighted by Gasteiger charge is -2.14. The Morgan fingerprint density at radius 3 is 2.48 bits per heavy atom. The van der Waals surface area contributed by atoms with Crippen molar-refractivity contribution in [3.8, 4) is 16.9 Å². The van der Waals surface area contributed by atoms with Gasteiger partial charge in [0.05, 0.1) is 19.8 Å². The maximum absolute atomic E-state index is 15.4. The normalized spacial score (nSPS) is 10.5. The fourth-order valence-corrected chi connectivity index (χ4v) is 3.05. The number of ether oxygens (including phenoxy) is 2. The first-order valence-corrected chi connectivity index (χ1v) is 8.94. The Bertz CT molecular complexity index is 1060. The Morgan fingerprint density at radius 1 is 1.07 bits per heavy atom. The second kappa shape index (κ2) is 8.65. The SMILES string of the molecule is COC(=O)c1ccc(Cc2ccc(OC)c(-c3cccc(C(C)=O)c3)c2F)cn1. The summed E-state index contributed by atoms with van der Waals surface area (Å²) in [7, 11) is 2.76. The molecule has 0 N–H and O–H groups in total. The van der Waals surface area contributed by atoms with Crippen molar-refractivity contribution in [3.63, 3.8) is 0 Å². The molecule has 2 aromatic carbocycles. The topological polar surface area (TPSA) is 65.5 Å². The standard InChI is InChI=1S/C23H20FNO4/c1-14(26)16-5-4-6-17(12-16)21-20(28-2)10-8-18(22(21)24)11-15-7-9-19(25-13-15)23(27)29-3/h4-10,12-13H,11H2,1-3H3. The van der Waals surface area contributed by atoms with Gasteiger partial charge in [-0.15, -0.1) is 0 Å². The molecule has 6 heteroatoms. The van der Waals surface area contributed by atoms with Crippen LogP contribution in [0.25, 0.3) is 11.1 Å². The van der Waals surface area contributed by atoms with Crippen molar-refractivity contribution in [2.45, 2.75) is 13.3 Å². The van der Waals surface area contributed by atoms with Crippen molar-refractivity contribution in [1.82, 2.24) is 4.98 Å². The summed E-state index contributed by atoms with van der Waals surface area (Å²) in [6.07, 6.45) is 1.80. The van der Waals surface area contributed by atoms with E-state index in [1.54, 1.807) is 48.5 Å². The number of pyridine rings is 1. The van der Waals surface area contributed by atoms with E-state index in [4.69, 9.17) is 4.74 Å². The first kappa shape index (κ1) is 20.2. The number of carbonyl (C=O) groups excluding carboxylic acids is 2. The maximum Gasteiger partial charge on any atom is 0.356 e. The summed E-state index contributed by atoms with van der Waals surface area (Å²) in [5.41, 5.74) is 2.73. The highest BCUT2D eigenvalue weighted by Crippen LogP contribution is 2.35. The molecule has 0 bridgehead atoms. The third kappa shape index (κ3) is 4.32. The zero-order valence-corrected chi connectivity index (χ0v) is 16.4. The highest BCUT2D eigenvalue weighted by molar-refractivity contribution is 5.95. The lowest BCUT2D eigenvalue weighted by atomic mass is 9.96. The molecule has 0 spiro atoms. The van der Waals surface area contributed by atoms with Crippen LogP contribution in [0, 0.1) is 5.82 Å². The van der Waals surface area contributed by atoms with Crippen LogP contribution >= 0.6 is 0 Å². The molecule has 0 saturated carbocycles. The number of hydrogen-bond donors (Lipinski definition) is 0. The number of esters is 1. The van der Waals surface area contributed by atoms with Crippen molar-refractivity contribution in [3.05, 3.63) is 82.9 Å². The molecule has 1 heterocycles. The third-order valence-corrected chi connectivity index (χ3v) is 4.58. The summed E-state index contributed by atoms with van der Waals surface area (Å²) in [4.78, 5) is 27.3. The van der Waals surface area contributed by atoms with Gasteiger partial charge in [0.25, 0.3) is 0 Å². The van der Waals surface area contributed by atoms with Crippen LogP contribution in [-0.4, -0.2) is 31.0 Å². The van der Waals surface area contributed by atoms with Gasteiger partial charge in [-0.2, -0.15) is 0 Å². The van der Waals surface area contributed by atoms with Crippen molar-refractivity contribution >= 4 is 11.8 Å². The van der Waals surface area contributed by atoms with Crippen molar-refractivity contribution in [1.29, 1.82) is 0 Å². The zero-order chi connectivity index (χ0) is 21.0. The number of methoxy groups -OCH3 is 2. The van der Waals surface area contributed by atoms with Gasteiger partial charge >= 0.3 is 5.97 Å². The van der Waals surface area contributed by atoms with Crippen LogP contribution in [0.15, 0.2) is 54.7 Å². The molecule has 0 amide bonds. The third-order valence-electron chi connectivity index (χ3n) is 4.58. The quantitative estimate of drug-likeness (QED) is 0.456. The molecule has 0 aliphatic rings. The first-order valence-electron chi connectivity index (χ1n) is 8.94. The van der Waals surface area contributed by atoms with Crippen LogP contribution < -0.4 is 4.74 Å². The van der Waals surface area contributed by atoms with Gasteiger partial charge in [-0.1, -0.05) is 30.3 Å². The van der Waals surface area contributed by atoms with E-state index < -0.39 is 11.8 Å². The molecule has 0 aliphatic heterocycles. The molecule has 0 saturated heterocycles. The molecule has 0 unspecified atom stereocenters. The lowest BCUT2D eigenvalue weighted by molar-refractivity contribution is 0.0594. The Labute approximate surface area is 168 Å². The summed E-state index contributed by atoms with van der Waals surface area (Å²) < 4.78 is 25.4. The number of halogens is 1. The summed E-state index contributed by atoms with van der Waals surface area (Å²) in [6.45, 7) is 1.47. The minimum Gasteiger partial charge on any atom is -0.496 e. The van der Waals surface area contributed by atoms with E-state index in [0.29, 0.717) is 28.0 Å². The molecule has 3 aromatic rings. The van der Waals surface area contributed by atoms with Gasteiger partial charge in [-0.25, -0.2) is 14.2 Å². The van der Waals surface area contributed by atoms with Gasteiger partial charge in [0, 0.05) is 18.2 Å². The van der Waals surface area contributed by atoms with Gasteiger partial charge in [0.15, 0.2) is 5.78 Å². The fourth-order valence-electron chi connectivity index (χ4n) is 3.05. The molecule has 5 nitrogen and oxygen atoms in total. The first-order chi connectivity index (χ1) is 13.9. The van der Waals surface area contributed by atoms with E-state index >= 15 is 4.39 Å². The molecular formula is C23H20FNO4. The number of ketones is 1. The van der Waals surface area contributed by atoms with Crippen LogP contribution in [0.4, 0.5) is 4.39 Å². The number of nitrogens with zero attached hydrogens (tertiary/aromatic N) is 1. The summed E-state index contributed by atoms with van der Waals surface area (Å²) >= 11 is 0. The molecule has 29 heavy (non-hydrogen) atoms. The van der Waals surface area contributed by atoms with E-state index in [-0.39, 0.29) is 17.9 Å². The second-order valence-corrected chi connectivity index (χ2v) is 6.47. The van der Waals surface area contributed by atoms with E-state index in [0.717, 1.165) is 5.56 Å². The highest BCUT2D eigenvalue weighted by atomic mass is 19.1. The van der Waals surface area contributed by atoms with E-state index in [1.807, 2.05) is 0 Å². The molecular weight excluding hydrogens is 373 g/mol. The molecule has 0 fully saturated rings. The molecule has 0 aliphatic carbocycles. The molecule has 0 atom stereocenters. The Kier molecular flexibility index (Phi) is 6.02. The van der Waals surface area contributed by atoms with Gasteiger partial charge in [-0.05, 0) is 41.8 Å². The summed E-state index contributed by atoms with van der Waals surface area (Å²) in [5.74, 6) is -0.674. The smallest absolute Gasteiger partial charge is 0.356 e. The zero-order valence-electron chi connectivity index (χ0n) is 16.4. The Hall–Kier alpha value is -3.54. The predicted octanol–water partition coefficient (Wildman–Crippen LogP) is 4.48. The number of benzene rings is 2. The predicted molar refractivity (Wildman–Crippen MR) is 107 cm³/mol. The van der Waals surface area contributed by atoms with E-state index in [9.17, 15) is 9.59 Å². The minimum atomic E-state index is -0.528. The van der Waals surface area contributed by atoms with Crippen LogP contribution in [0.2, 0.25) is 0 Å². The Balaban J connectivity index is 2.00. The van der Waals surface area contributed by atoms with Gasteiger partial charge < -0.3 is 9.47 Å². The largest absolute Gasteiger partial charge is 0.496 e. The number of rotatable bonds is 6. The molecule has 148 valence electrons. The highest BCUT2D eigenvalue weighted by Gasteiger charge is 2.17. The van der Waals surface area contributed by atoms with Crippen molar-refractivity contribution < 1.29 is 23.5 Å². The van der Waals surface area contributed by atoms with Crippen LogP contribution in [0.5, 0.6) is 5.75 Å². The van der Waals surface area contributed by atoms with Crippen LogP contribution in [0.1, 0.15) is 38.9 Å². The maximum atomic E-state index is 15.4. The van der Waals surface area contributed by atoms with Crippen LogP contribution in [-0.2, 0) is 11.2 Å². The van der Waals surface area contributed by atoms with Gasteiger partial charge in [0.1, 0.15) is 17.3 Å². The average molecular weight is 393 g/mol. The van der Waals surface area contributed by atoms with Crippen molar-refractivity contribution in [2.75, 3.05) is 14.2 Å². The number of Topliss-reactive ketones (excluding diaryl/α,β-unsaturated/α-hetero) is 1. The monoisotopic (exact) mass is 393 g/mol. The molecule has 0 radical (unpaired) electrons. The van der Waals surface area contributed by atoms with Crippen molar-refractivity contribution in [2.24, 2.45) is 0 Å². The summed E-state index contributed by atoms with van der Waals surface area (Å²) in [5, 5.41) is 0. The number of carbonyl (C=O) groups is 2. The van der Waals surface area contributed by atoms with E-state index in [1.165, 1.54) is 27.3 Å².